The van der Waals surface area contributed by atoms with E-state index in [1.54, 1.807) is 6.07 Å². The van der Waals surface area contributed by atoms with Crippen molar-refractivity contribution >= 4 is 0 Å². The van der Waals surface area contributed by atoms with Crippen molar-refractivity contribution in [3.63, 3.8) is 0 Å². The largest absolute Gasteiger partial charge is 0.457 e. The minimum atomic E-state index is -0.488. The molecule has 1 heterocycles. The van der Waals surface area contributed by atoms with Gasteiger partial charge in [-0.1, -0.05) is 43.6 Å². The van der Waals surface area contributed by atoms with E-state index in [1.807, 2.05) is 24.3 Å². The second kappa shape index (κ2) is 6.93. The molecule has 0 fully saturated rings. The molecule has 2 aromatic carbocycles. The van der Waals surface area contributed by atoms with Crippen LogP contribution >= 0.6 is 0 Å². The zero-order valence-corrected chi connectivity index (χ0v) is 13.8. The van der Waals surface area contributed by atoms with Crippen LogP contribution in [0, 0.1) is 11.7 Å². The number of benzene rings is 2. The van der Waals surface area contributed by atoms with E-state index in [9.17, 15) is 4.39 Å². The monoisotopic (exact) mass is 325 g/mol. The lowest BCUT2D eigenvalue weighted by Gasteiger charge is -2.25. The first kappa shape index (κ1) is 16.3. The van der Waals surface area contributed by atoms with E-state index in [-0.39, 0.29) is 11.7 Å². The summed E-state index contributed by atoms with van der Waals surface area (Å²) in [6.45, 7) is 4.31. The van der Waals surface area contributed by atoms with Gasteiger partial charge in [0.15, 0.2) is 0 Å². The first-order valence-corrected chi connectivity index (χ1v) is 8.24. The van der Waals surface area contributed by atoms with E-state index in [1.165, 1.54) is 12.1 Å². The summed E-state index contributed by atoms with van der Waals surface area (Å²) >= 11 is 0. The van der Waals surface area contributed by atoms with Crippen molar-refractivity contribution in [2.24, 2.45) is 11.0 Å². The van der Waals surface area contributed by atoms with Gasteiger partial charge in [0.05, 0.1) is 6.04 Å². The predicted molar refractivity (Wildman–Crippen MR) is 91.6 cm³/mol. The molecule has 0 aromatic heterocycles. The van der Waals surface area contributed by atoms with Crippen molar-refractivity contribution in [3.05, 3.63) is 69.9 Å². The first-order valence-electron chi connectivity index (χ1n) is 8.24. The third kappa shape index (κ3) is 3.08. The smallest absolute Gasteiger partial charge is 0.131 e. The fourth-order valence-corrected chi connectivity index (χ4v) is 3.28. The number of halogens is 1. The van der Waals surface area contributed by atoms with Crippen molar-refractivity contribution in [1.29, 1.82) is 0 Å². The van der Waals surface area contributed by atoms with Crippen LogP contribution in [0.2, 0.25) is 0 Å². The average Bonchev–Trinajstić information content (AvgIpc) is 2.71. The molecule has 0 bridgehead atoms. The van der Waals surface area contributed by atoms with Gasteiger partial charge >= 0.3 is 0 Å². The van der Waals surface area contributed by atoms with Gasteiger partial charge in [0.25, 0.3) is 0 Å². The quantitative estimate of drug-likeness (QED) is 0.359. The van der Waals surface area contributed by atoms with Gasteiger partial charge < -0.3 is 4.74 Å². The molecule has 0 unspecified atom stereocenters. The molecule has 0 radical (unpaired) electrons. The third-order valence-electron chi connectivity index (χ3n) is 4.74. The lowest BCUT2D eigenvalue weighted by molar-refractivity contribution is 0.411. The highest BCUT2D eigenvalue weighted by molar-refractivity contribution is 5.49. The summed E-state index contributed by atoms with van der Waals surface area (Å²) < 4.78 is 19.9. The first-order chi connectivity index (χ1) is 11.6. The maximum absolute atomic E-state index is 13.8. The van der Waals surface area contributed by atoms with E-state index < -0.39 is 6.04 Å². The molecule has 3 atom stereocenters. The number of hydrogen-bond donors (Lipinski definition) is 0. The zero-order valence-electron chi connectivity index (χ0n) is 13.8. The van der Waals surface area contributed by atoms with E-state index in [4.69, 9.17) is 10.3 Å². The van der Waals surface area contributed by atoms with Crippen molar-refractivity contribution in [3.8, 4) is 11.5 Å². The summed E-state index contributed by atoms with van der Waals surface area (Å²) in [6.07, 6.45) is 1.87. The SMILES string of the molecule is CC[C@H](C)C[C@@H]1c2ccccc2Oc2ccc(F)cc2[C@H]1N=[N+]=[N-]. The summed E-state index contributed by atoms with van der Waals surface area (Å²) in [6, 6.07) is 11.7. The van der Waals surface area contributed by atoms with Gasteiger partial charge in [0.2, 0.25) is 0 Å². The molecule has 0 N–H and O–H groups in total. The number of azide groups is 1. The summed E-state index contributed by atoms with van der Waals surface area (Å²) in [7, 11) is 0. The number of ether oxygens (including phenoxy) is 1. The summed E-state index contributed by atoms with van der Waals surface area (Å²) in [5.41, 5.74) is 10.7. The van der Waals surface area contributed by atoms with Gasteiger partial charge in [-0.15, -0.1) is 0 Å². The summed E-state index contributed by atoms with van der Waals surface area (Å²) in [5, 5.41) is 4.03. The zero-order chi connectivity index (χ0) is 17.1. The van der Waals surface area contributed by atoms with Crippen molar-refractivity contribution in [2.45, 2.75) is 38.6 Å². The average molecular weight is 325 g/mol. The Labute approximate surface area is 140 Å². The fraction of sp³-hybridized carbons (Fsp3) is 0.368. The number of para-hydroxylation sites is 1. The second-order valence-electron chi connectivity index (χ2n) is 6.33. The molecule has 1 aliphatic rings. The predicted octanol–water partition coefficient (Wildman–Crippen LogP) is 6.50. The maximum Gasteiger partial charge on any atom is 0.131 e. The highest BCUT2D eigenvalue weighted by Gasteiger charge is 2.33. The molecule has 1 aliphatic heterocycles. The standard InChI is InChI=1S/C19H20FN3O/c1-3-12(2)10-15-14-6-4-5-7-17(14)24-18-9-8-13(20)11-16(18)19(15)22-23-21/h4-9,11-12,15,19H,3,10H2,1-2H3/t12-,15+,19-/m0/s1. The highest BCUT2D eigenvalue weighted by atomic mass is 19.1. The molecule has 0 amide bonds. The topological polar surface area (TPSA) is 58.0 Å². The molecule has 0 aliphatic carbocycles. The molecule has 0 spiro atoms. The van der Waals surface area contributed by atoms with E-state index in [0.717, 1.165) is 24.2 Å². The van der Waals surface area contributed by atoms with Crippen LogP contribution in [0.25, 0.3) is 10.4 Å². The van der Waals surface area contributed by atoms with Gasteiger partial charge in [0, 0.05) is 16.4 Å². The highest BCUT2D eigenvalue weighted by Crippen LogP contribution is 2.49. The maximum atomic E-state index is 13.8. The van der Waals surface area contributed by atoms with Crippen LogP contribution in [0.3, 0.4) is 0 Å². The van der Waals surface area contributed by atoms with Gasteiger partial charge in [-0.2, -0.15) is 0 Å². The van der Waals surface area contributed by atoms with Crippen LogP contribution in [0.5, 0.6) is 11.5 Å². The van der Waals surface area contributed by atoms with Gasteiger partial charge in [0.1, 0.15) is 17.3 Å². The number of nitrogens with zero attached hydrogens (tertiary/aromatic N) is 3. The number of rotatable bonds is 4. The Balaban J connectivity index is 2.20. The van der Waals surface area contributed by atoms with E-state index in [2.05, 4.69) is 23.9 Å². The van der Waals surface area contributed by atoms with Gasteiger partial charge in [-0.25, -0.2) is 4.39 Å². The molecular weight excluding hydrogens is 305 g/mol. The Morgan fingerprint density at radius 1 is 1.21 bits per heavy atom. The van der Waals surface area contributed by atoms with Crippen molar-refractivity contribution in [1.82, 2.24) is 0 Å². The van der Waals surface area contributed by atoms with Crippen molar-refractivity contribution in [2.75, 3.05) is 0 Å². The molecule has 3 rings (SSSR count). The molecular formula is C19H20FN3O. The minimum Gasteiger partial charge on any atom is -0.457 e. The minimum absolute atomic E-state index is 0.0462. The normalized spacial score (nSPS) is 20.0. The lowest BCUT2D eigenvalue weighted by atomic mass is 9.81. The van der Waals surface area contributed by atoms with Crippen LogP contribution in [0.4, 0.5) is 4.39 Å². The molecule has 5 heteroatoms. The second-order valence-corrected chi connectivity index (χ2v) is 6.33. The third-order valence-corrected chi connectivity index (χ3v) is 4.74. The Hall–Kier alpha value is -2.52. The van der Waals surface area contributed by atoms with Gasteiger partial charge in [-0.3, -0.25) is 0 Å². The van der Waals surface area contributed by atoms with Crippen LogP contribution in [0.1, 0.15) is 49.8 Å². The molecule has 2 aromatic rings. The molecule has 0 saturated heterocycles. The molecule has 24 heavy (non-hydrogen) atoms. The fourth-order valence-electron chi connectivity index (χ4n) is 3.28. The molecule has 124 valence electrons. The Morgan fingerprint density at radius 3 is 2.71 bits per heavy atom. The number of hydrogen-bond acceptors (Lipinski definition) is 2. The lowest BCUT2D eigenvalue weighted by Crippen LogP contribution is -2.12. The van der Waals surface area contributed by atoms with Crippen LogP contribution in [-0.2, 0) is 0 Å². The Morgan fingerprint density at radius 2 is 1.96 bits per heavy atom. The summed E-state index contributed by atoms with van der Waals surface area (Å²) in [4.78, 5) is 3.03. The van der Waals surface area contributed by atoms with Crippen LogP contribution in [-0.4, -0.2) is 0 Å². The van der Waals surface area contributed by atoms with E-state index in [0.29, 0.717) is 17.2 Å². The van der Waals surface area contributed by atoms with E-state index >= 15 is 0 Å². The Kier molecular flexibility index (Phi) is 4.72. The van der Waals surface area contributed by atoms with Crippen LogP contribution < -0.4 is 4.74 Å². The van der Waals surface area contributed by atoms with Crippen molar-refractivity contribution < 1.29 is 9.13 Å². The van der Waals surface area contributed by atoms with Gasteiger partial charge in [-0.05, 0) is 47.7 Å². The molecule has 4 nitrogen and oxygen atoms in total. The molecule has 0 saturated carbocycles. The number of fused-ring (bicyclic) bond motifs is 2. The summed E-state index contributed by atoms with van der Waals surface area (Å²) in [5.74, 6) is 1.34. The van der Waals surface area contributed by atoms with Crippen LogP contribution in [0.15, 0.2) is 47.6 Å². The Bertz CT molecular complexity index is 786.